The van der Waals surface area contributed by atoms with Crippen LogP contribution in [-0.2, 0) is 9.09 Å². The molecule has 0 saturated carbocycles. The molecular formula is C24H22NO4P. The summed E-state index contributed by atoms with van der Waals surface area (Å²) in [5, 5.41) is 12.2. The van der Waals surface area contributed by atoms with Crippen molar-refractivity contribution in [3.63, 3.8) is 0 Å². The normalized spacial score (nSPS) is 19.9. The summed E-state index contributed by atoms with van der Waals surface area (Å²) in [7, 11) is -3.56. The number of rotatable bonds is 4. The highest BCUT2D eigenvalue weighted by molar-refractivity contribution is 7.74. The molecule has 0 spiro atoms. The van der Waals surface area contributed by atoms with E-state index in [0.29, 0.717) is 27.6 Å². The van der Waals surface area contributed by atoms with Crippen molar-refractivity contribution in [3.05, 3.63) is 95.8 Å². The predicted octanol–water partition coefficient (Wildman–Crippen LogP) is 4.76. The van der Waals surface area contributed by atoms with Crippen LogP contribution in [0.15, 0.2) is 78.9 Å². The molecule has 30 heavy (non-hydrogen) atoms. The Kier molecular flexibility index (Phi) is 5.26. The summed E-state index contributed by atoms with van der Waals surface area (Å²) in [5.74, 6) is 0.510. The van der Waals surface area contributed by atoms with E-state index in [0.717, 1.165) is 0 Å². The van der Waals surface area contributed by atoms with Crippen molar-refractivity contribution in [1.29, 1.82) is 0 Å². The maximum absolute atomic E-state index is 14.4. The third kappa shape index (κ3) is 3.55. The minimum Gasteiger partial charge on any atom is -0.485 e. The third-order valence-electron chi connectivity index (χ3n) is 5.26. The van der Waals surface area contributed by atoms with Gasteiger partial charge in [-0.25, -0.2) is 4.85 Å². The average molecular weight is 419 g/mol. The highest BCUT2D eigenvalue weighted by atomic mass is 31.2. The number of fused-ring (bicyclic) bond motifs is 1. The second-order valence-corrected chi connectivity index (χ2v) is 10.1. The molecule has 3 aromatic rings. The highest BCUT2D eigenvalue weighted by Gasteiger charge is 2.47. The van der Waals surface area contributed by atoms with E-state index in [1.807, 2.05) is 36.4 Å². The van der Waals surface area contributed by atoms with Gasteiger partial charge < -0.3 is 14.4 Å². The molecule has 0 fully saturated rings. The zero-order chi connectivity index (χ0) is 21.4. The Morgan fingerprint density at radius 1 is 1.00 bits per heavy atom. The van der Waals surface area contributed by atoms with Gasteiger partial charge in [0.1, 0.15) is 23.6 Å². The number of nitrogens with zero attached hydrogens (tertiary/aromatic N) is 1. The van der Waals surface area contributed by atoms with Gasteiger partial charge in [-0.3, -0.25) is 4.57 Å². The lowest BCUT2D eigenvalue weighted by Crippen LogP contribution is -2.49. The first kappa shape index (κ1) is 20.4. The van der Waals surface area contributed by atoms with Gasteiger partial charge in [-0.2, -0.15) is 0 Å². The van der Waals surface area contributed by atoms with Crippen LogP contribution in [0.3, 0.4) is 0 Å². The Morgan fingerprint density at radius 2 is 1.57 bits per heavy atom. The number of aliphatic hydroxyl groups excluding tert-OH is 1. The molecular weight excluding hydrogens is 397 g/mol. The molecule has 2 atom stereocenters. The molecule has 1 N–H and O–H groups in total. The van der Waals surface area contributed by atoms with Crippen LogP contribution in [-0.4, -0.2) is 16.8 Å². The minimum atomic E-state index is -3.56. The summed E-state index contributed by atoms with van der Waals surface area (Å²) in [6.45, 7) is 10.8. The molecule has 1 aliphatic heterocycles. The first-order chi connectivity index (χ1) is 14.3. The largest absolute Gasteiger partial charge is 0.485 e. The maximum Gasteiger partial charge on any atom is 0.261 e. The van der Waals surface area contributed by atoms with Crippen molar-refractivity contribution in [3.8, 4) is 5.75 Å². The smallest absolute Gasteiger partial charge is 0.261 e. The van der Waals surface area contributed by atoms with Gasteiger partial charge >= 0.3 is 0 Å². The minimum absolute atomic E-state index is 0.395. The van der Waals surface area contributed by atoms with Gasteiger partial charge in [0.15, 0.2) is 5.69 Å². The SMILES string of the molecule is [C-]#[N+]c1ccc2c(c1)[C@@H](OP(=O)(c1ccccc1)c1ccccc1)[C@H](O)C(C)(C)O2. The molecule has 0 saturated heterocycles. The Hall–Kier alpha value is -2.90. The van der Waals surface area contributed by atoms with E-state index in [9.17, 15) is 9.67 Å². The fraction of sp³-hybridized carbons (Fsp3) is 0.208. The first-order valence-electron chi connectivity index (χ1n) is 9.63. The summed E-state index contributed by atoms with van der Waals surface area (Å²) in [4.78, 5) is 3.48. The van der Waals surface area contributed by atoms with Gasteiger partial charge in [-0.05, 0) is 50.2 Å². The van der Waals surface area contributed by atoms with E-state index >= 15 is 0 Å². The van der Waals surface area contributed by atoms with Crippen molar-refractivity contribution in [2.75, 3.05) is 0 Å². The number of aliphatic hydroxyl groups is 1. The summed E-state index contributed by atoms with van der Waals surface area (Å²) in [6, 6.07) is 23.0. The van der Waals surface area contributed by atoms with E-state index in [-0.39, 0.29) is 0 Å². The van der Waals surface area contributed by atoms with Crippen LogP contribution in [0.2, 0.25) is 0 Å². The summed E-state index contributed by atoms with van der Waals surface area (Å²) in [5.41, 5.74) is -0.0512. The Morgan fingerprint density at radius 3 is 2.10 bits per heavy atom. The van der Waals surface area contributed by atoms with E-state index in [1.165, 1.54) is 0 Å². The van der Waals surface area contributed by atoms with Gasteiger partial charge in [-0.1, -0.05) is 42.5 Å². The van der Waals surface area contributed by atoms with Crippen LogP contribution < -0.4 is 15.3 Å². The number of hydrogen-bond donors (Lipinski definition) is 1. The van der Waals surface area contributed by atoms with Crippen molar-refractivity contribution in [1.82, 2.24) is 0 Å². The van der Waals surface area contributed by atoms with Gasteiger partial charge in [0.05, 0.1) is 6.57 Å². The van der Waals surface area contributed by atoms with Gasteiger partial charge in [0.25, 0.3) is 7.37 Å². The lowest BCUT2D eigenvalue weighted by Gasteiger charge is -2.43. The fourth-order valence-corrected chi connectivity index (χ4v) is 5.81. The maximum atomic E-state index is 14.4. The predicted molar refractivity (Wildman–Crippen MR) is 117 cm³/mol. The lowest BCUT2D eigenvalue weighted by molar-refractivity contribution is -0.101. The summed E-state index contributed by atoms with van der Waals surface area (Å²) < 4.78 is 26.7. The molecule has 1 heterocycles. The van der Waals surface area contributed by atoms with Gasteiger partial charge in [0.2, 0.25) is 0 Å². The molecule has 0 radical (unpaired) electrons. The van der Waals surface area contributed by atoms with E-state index in [1.54, 1.807) is 56.3 Å². The molecule has 4 rings (SSSR count). The van der Waals surface area contributed by atoms with Crippen LogP contribution in [0.5, 0.6) is 5.75 Å². The first-order valence-corrected chi connectivity index (χ1v) is 11.3. The van der Waals surface area contributed by atoms with E-state index < -0.39 is 25.2 Å². The molecule has 5 nitrogen and oxygen atoms in total. The van der Waals surface area contributed by atoms with E-state index in [2.05, 4.69) is 4.85 Å². The van der Waals surface area contributed by atoms with E-state index in [4.69, 9.17) is 15.8 Å². The molecule has 0 bridgehead atoms. The van der Waals surface area contributed by atoms with Crippen molar-refractivity contribution in [2.24, 2.45) is 0 Å². The lowest BCUT2D eigenvalue weighted by atomic mass is 9.88. The van der Waals surface area contributed by atoms with Gasteiger partial charge in [0, 0.05) is 16.2 Å². The number of benzene rings is 3. The highest BCUT2D eigenvalue weighted by Crippen LogP contribution is 2.54. The Bertz CT molecular complexity index is 1100. The van der Waals surface area contributed by atoms with Crippen molar-refractivity contribution >= 4 is 23.7 Å². The molecule has 0 aromatic heterocycles. The zero-order valence-corrected chi connectivity index (χ0v) is 17.6. The Balaban J connectivity index is 1.88. The Labute approximate surface area is 176 Å². The summed E-state index contributed by atoms with van der Waals surface area (Å²) >= 11 is 0. The second-order valence-electron chi connectivity index (χ2n) is 7.73. The fourth-order valence-electron chi connectivity index (χ4n) is 3.59. The standard InChI is InChI=1S/C24H22NO4P/c1-24(2)23(26)22(20-16-17(25-3)14-15-21(20)28-24)29-30(27,18-10-6-4-7-11-18)19-12-8-5-9-13-19/h4-16,22-23,26H,1-2H3/t22-,23+/m1/s1. The topological polar surface area (TPSA) is 60.1 Å². The molecule has 0 aliphatic carbocycles. The van der Waals surface area contributed by atoms with Gasteiger partial charge in [-0.15, -0.1) is 0 Å². The van der Waals surface area contributed by atoms with Crippen LogP contribution >= 0.6 is 7.37 Å². The molecule has 1 aliphatic rings. The van der Waals surface area contributed by atoms with Crippen LogP contribution in [0.25, 0.3) is 4.85 Å². The molecule has 0 unspecified atom stereocenters. The molecule has 6 heteroatoms. The number of hydrogen-bond acceptors (Lipinski definition) is 4. The monoisotopic (exact) mass is 419 g/mol. The second kappa shape index (κ2) is 7.74. The van der Waals surface area contributed by atoms with Crippen LogP contribution in [0.4, 0.5) is 5.69 Å². The van der Waals surface area contributed by atoms with Crippen LogP contribution in [0, 0.1) is 6.57 Å². The zero-order valence-electron chi connectivity index (χ0n) is 16.7. The van der Waals surface area contributed by atoms with Crippen LogP contribution in [0.1, 0.15) is 25.5 Å². The quantitative estimate of drug-likeness (QED) is 0.490. The summed E-state index contributed by atoms with van der Waals surface area (Å²) in [6.07, 6.45) is -2.02. The third-order valence-corrected chi connectivity index (χ3v) is 7.74. The molecule has 152 valence electrons. The van der Waals surface area contributed by atoms with Crippen molar-refractivity contribution < 1.29 is 18.9 Å². The molecule has 0 amide bonds. The molecule has 3 aromatic carbocycles. The number of ether oxygens (including phenoxy) is 1. The average Bonchev–Trinajstić information content (AvgIpc) is 2.77. The van der Waals surface area contributed by atoms with Crippen molar-refractivity contribution in [2.45, 2.75) is 31.7 Å².